The number of nitrogens with one attached hydrogen (secondary N) is 1. The Hall–Kier alpha value is -2.04. The molecular weight excluding hydrogens is 302 g/mol. The lowest BCUT2D eigenvalue weighted by molar-refractivity contribution is 0.140. The van der Waals surface area contributed by atoms with Gasteiger partial charge < -0.3 is 19.9 Å². The van der Waals surface area contributed by atoms with Crippen LogP contribution in [0.4, 0.5) is 0 Å². The molecule has 0 amide bonds. The molecule has 0 fully saturated rings. The molecule has 0 saturated carbocycles. The SMILES string of the molecule is CCCOc1cc(CN[C@@H]2c3ccccc3C[C@@H]2O)ccc1OC. The van der Waals surface area contributed by atoms with Crippen molar-refractivity contribution < 1.29 is 14.6 Å². The first-order chi connectivity index (χ1) is 11.7. The number of hydrogen-bond donors (Lipinski definition) is 2. The number of fused-ring (bicyclic) bond motifs is 1. The summed E-state index contributed by atoms with van der Waals surface area (Å²) < 4.78 is 11.1. The first kappa shape index (κ1) is 16.8. The Morgan fingerprint density at radius 3 is 2.79 bits per heavy atom. The lowest BCUT2D eigenvalue weighted by Crippen LogP contribution is -2.28. The summed E-state index contributed by atoms with van der Waals surface area (Å²) in [5.41, 5.74) is 3.53. The van der Waals surface area contributed by atoms with Crippen LogP contribution in [0.5, 0.6) is 11.5 Å². The summed E-state index contributed by atoms with van der Waals surface area (Å²) in [7, 11) is 1.65. The van der Waals surface area contributed by atoms with Gasteiger partial charge in [-0.15, -0.1) is 0 Å². The molecule has 0 saturated heterocycles. The number of methoxy groups -OCH3 is 1. The van der Waals surface area contributed by atoms with Gasteiger partial charge in [-0.25, -0.2) is 0 Å². The standard InChI is InChI=1S/C20H25NO3/c1-3-10-24-19-11-14(8-9-18(19)23-2)13-21-20-16-7-5-4-6-15(16)12-17(20)22/h4-9,11,17,20-22H,3,10,12-13H2,1-2H3/t17-,20+/m0/s1. The van der Waals surface area contributed by atoms with E-state index in [0.29, 0.717) is 19.6 Å². The molecule has 24 heavy (non-hydrogen) atoms. The highest BCUT2D eigenvalue weighted by Crippen LogP contribution is 2.32. The van der Waals surface area contributed by atoms with Gasteiger partial charge in [0.2, 0.25) is 0 Å². The molecule has 128 valence electrons. The third-order valence-corrected chi connectivity index (χ3v) is 4.42. The van der Waals surface area contributed by atoms with Gasteiger partial charge in [0.25, 0.3) is 0 Å². The van der Waals surface area contributed by atoms with E-state index in [1.54, 1.807) is 7.11 Å². The summed E-state index contributed by atoms with van der Waals surface area (Å²) in [6.07, 6.45) is 1.29. The number of hydrogen-bond acceptors (Lipinski definition) is 4. The summed E-state index contributed by atoms with van der Waals surface area (Å²) in [4.78, 5) is 0. The van der Waals surface area contributed by atoms with Gasteiger partial charge in [0.05, 0.1) is 25.9 Å². The van der Waals surface area contributed by atoms with Crippen molar-refractivity contribution in [3.63, 3.8) is 0 Å². The van der Waals surface area contributed by atoms with Crippen LogP contribution in [0.25, 0.3) is 0 Å². The second kappa shape index (κ2) is 7.69. The predicted molar refractivity (Wildman–Crippen MR) is 94.5 cm³/mol. The van der Waals surface area contributed by atoms with Crippen LogP contribution in [0.3, 0.4) is 0 Å². The molecule has 0 aromatic heterocycles. The fourth-order valence-electron chi connectivity index (χ4n) is 3.20. The van der Waals surface area contributed by atoms with E-state index in [2.05, 4.69) is 24.4 Å². The fraction of sp³-hybridized carbons (Fsp3) is 0.400. The van der Waals surface area contributed by atoms with Crippen molar-refractivity contribution in [1.82, 2.24) is 5.32 Å². The lowest BCUT2D eigenvalue weighted by atomic mass is 10.1. The van der Waals surface area contributed by atoms with Gasteiger partial charge in [-0.1, -0.05) is 37.3 Å². The van der Waals surface area contributed by atoms with Crippen LogP contribution in [0, 0.1) is 0 Å². The summed E-state index contributed by atoms with van der Waals surface area (Å²) in [5, 5.41) is 13.8. The Balaban J connectivity index is 1.70. The van der Waals surface area contributed by atoms with E-state index in [-0.39, 0.29) is 12.1 Å². The predicted octanol–water partition coefficient (Wildman–Crippen LogP) is 3.23. The maximum absolute atomic E-state index is 10.3. The van der Waals surface area contributed by atoms with Gasteiger partial charge in [0.1, 0.15) is 0 Å². The van der Waals surface area contributed by atoms with Crippen LogP contribution in [-0.2, 0) is 13.0 Å². The molecule has 2 aromatic rings. The van der Waals surface area contributed by atoms with E-state index in [9.17, 15) is 5.11 Å². The zero-order chi connectivity index (χ0) is 16.9. The molecule has 1 aliphatic carbocycles. The number of benzene rings is 2. The zero-order valence-corrected chi connectivity index (χ0v) is 14.3. The molecule has 4 heteroatoms. The molecule has 1 aliphatic rings. The van der Waals surface area contributed by atoms with E-state index in [1.165, 1.54) is 11.1 Å². The second-order valence-electron chi connectivity index (χ2n) is 6.16. The molecule has 0 bridgehead atoms. The molecule has 0 unspecified atom stereocenters. The highest BCUT2D eigenvalue weighted by Gasteiger charge is 2.30. The summed E-state index contributed by atoms with van der Waals surface area (Å²) in [5.74, 6) is 1.52. The quantitative estimate of drug-likeness (QED) is 0.820. The van der Waals surface area contributed by atoms with Gasteiger partial charge in [0, 0.05) is 13.0 Å². The van der Waals surface area contributed by atoms with E-state index in [1.807, 2.05) is 30.3 Å². The third kappa shape index (κ3) is 3.55. The molecule has 2 N–H and O–H groups in total. The first-order valence-electron chi connectivity index (χ1n) is 8.52. The summed E-state index contributed by atoms with van der Waals surface area (Å²) in [6.45, 7) is 3.42. The Labute approximate surface area is 143 Å². The monoisotopic (exact) mass is 327 g/mol. The molecular formula is C20H25NO3. The van der Waals surface area contributed by atoms with E-state index < -0.39 is 0 Å². The summed E-state index contributed by atoms with van der Waals surface area (Å²) in [6, 6.07) is 14.2. The molecule has 0 spiro atoms. The topological polar surface area (TPSA) is 50.7 Å². The van der Waals surface area contributed by atoms with Crippen molar-refractivity contribution in [1.29, 1.82) is 0 Å². The van der Waals surface area contributed by atoms with Crippen LogP contribution in [0.15, 0.2) is 42.5 Å². The van der Waals surface area contributed by atoms with Crippen LogP contribution >= 0.6 is 0 Å². The maximum atomic E-state index is 10.3. The molecule has 0 aliphatic heterocycles. The lowest BCUT2D eigenvalue weighted by Gasteiger charge is -2.19. The Bertz CT molecular complexity index is 686. The Kier molecular flexibility index (Phi) is 5.38. The smallest absolute Gasteiger partial charge is 0.161 e. The maximum Gasteiger partial charge on any atom is 0.161 e. The molecule has 3 rings (SSSR count). The Morgan fingerprint density at radius 1 is 1.17 bits per heavy atom. The van der Waals surface area contributed by atoms with Crippen LogP contribution in [-0.4, -0.2) is 24.9 Å². The first-order valence-corrected chi connectivity index (χ1v) is 8.52. The van der Waals surface area contributed by atoms with Crippen LogP contribution in [0.1, 0.15) is 36.1 Å². The van der Waals surface area contributed by atoms with Gasteiger partial charge in [-0.05, 0) is 35.2 Å². The number of aliphatic hydroxyl groups is 1. The summed E-state index contributed by atoms with van der Waals surface area (Å²) >= 11 is 0. The molecule has 2 aromatic carbocycles. The van der Waals surface area contributed by atoms with Gasteiger partial charge in [-0.2, -0.15) is 0 Å². The van der Waals surface area contributed by atoms with Crippen molar-refractivity contribution >= 4 is 0 Å². The van der Waals surface area contributed by atoms with Gasteiger partial charge >= 0.3 is 0 Å². The molecule has 2 atom stereocenters. The molecule has 0 radical (unpaired) electrons. The van der Waals surface area contributed by atoms with E-state index in [0.717, 1.165) is 23.5 Å². The zero-order valence-electron chi connectivity index (χ0n) is 14.3. The number of rotatable bonds is 7. The van der Waals surface area contributed by atoms with E-state index >= 15 is 0 Å². The van der Waals surface area contributed by atoms with Gasteiger partial charge in [0.15, 0.2) is 11.5 Å². The third-order valence-electron chi connectivity index (χ3n) is 4.42. The highest BCUT2D eigenvalue weighted by atomic mass is 16.5. The number of ether oxygens (including phenoxy) is 2. The minimum Gasteiger partial charge on any atom is -0.493 e. The van der Waals surface area contributed by atoms with Crippen LogP contribution < -0.4 is 14.8 Å². The average molecular weight is 327 g/mol. The molecule has 4 nitrogen and oxygen atoms in total. The largest absolute Gasteiger partial charge is 0.493 e. The van der Waals surface area contributed by atoms with Crippen molar-refractivity contribution in [3.8, 4) is 11.5 Å². The van der Waals surface area contributed by atoms with Crippen molar-refractivity contribution in [2.45, 2.75) is 38.5 Å². The van der Waals surface area contributed by atoms with Crippen LogP contribution in [0.2, 0.25) is 0 Å². The second-order valence-corrected chi connectivity index (χ2v) is 6.16. The van der Waals surface area contributed by atoms with Crippen molar-refractivity contribution in [2.75, 3.05) is 13.7 Å². The fourth-order valence-corrected chi connectivity index (χ4v) is 3.20. The van der Waals surface area contributed by atoms with Crippen molar-refractivity contribution in [3.05, 3.63) is 59.2 Å². The molecule has 0 heterocycles. The average Bonchev–Trinajstić information content (AvgIpc) is 2.93. The van der Waals surface area contributed by atoms with Gasteiger partial charge in [-0.3, -0.25) is 0 Å². The minimum atomic E-state index is -0.378. The van der Waals surface area contributed by atoms with E-state index in [4.69, 9.17) is 9.47 Å². The van der Waals surface area contributed by atoms with Crippen molar-refractivity contribution in [2.24, 2.45) is 0 Å². The Morgan fingerprint density at radius 2 is 2.00 bits per heavy atom. The normalized spacial score (nSPS) is 19.1. The highest BCUT2D eigenvalue weighted by molar-refractivity contribution is 5.43. The minimum absolute atomic E-state index is 0.0247. The number of aliphatic hydroxyl groups excluding tert-OH is 1.